The quantitative estimate of drug-likeness (QED) is 0.754. The van der Waals surface area contributed by atoms with Gasteiger partial charge in [-0.1, -0.05) is 18.9 Å². The molecule has 6 heteroatoms. The van der Waals surface area contributed by atoms with E-state index < -0.39 is 18.1 Å². The van der Waals surface area contributed by atoms with Crippen LogP contribution < -0.4 is 15.8 Å². The summed E-state index contributed by atoms with van der Waals surface area (Å²) in [6.07, 6.45) is 3.31. The highest BCUT2D eigenvalue weighted by atomic mass is 16.5. The van der Waals surface area contributed by atoms with Gasteiger partial charge in [-0.3, -0.25) is 4.79 Å². The zero-order chi connectivity index (χ0) is 14.6. The molecule has 0 radical (unpaired) electrons. The van der Waals surface area contributed by atoms with Gasteiger partial charge in [0.2, 0.25) is 5.91 Å². The first-order valence-corrected chi connectivity index (χ1v) is 6.55. The summed E-state index contributed by atoms with van der Waals surface area (Å²) < 4.78 is 5.06. The van der Waals surface area contributed by atoms with Crippen LogP contribution in [0.2, 0.25) is 0 Å². The summed E-state index contributed by atoms with van der Waals surface area (Å²) in [7, 11) is 0. The molecule has 1 amide bonds. The van der Waals surface area contributed by atoms with Crippen molar-refractivity contribution in [2.45, 2.75) is 31.2 Å². The Balaban J connectivity index is 2.00. The number of carboxylic acids is 1. The lowest BCUT2D eigenvalue weighted by Gasteiger charge is -2.22. The van der Waals surface area contributed by atoms with E-state index in [0.717, 1.165) is 12.8 Å². The number of rotatable bonds is 5. The third-order valence-electron chi connectivity index (χ3n) is 3.40. The molecule has 0 atom stereocenters. The van der Waals surface area contributed by atoms with Crippen molar-refractivity contribution in [2.24, 2.45) is 5.73 Å². The van der Waals surface area contributed by atoms with Gasteiger partial charge in [0.1, 0.15) is 5.75 Å². The Labute approximate surface area is 116 Å². The molecule has 1 aliphatic rings. The van der Waals surface area contributed by atoms with Gasteiger partial charge >= 0.3 is 5.97 Å². The number of hydrogen-bond donors (Lipinski definition) is 3. The Morgan fingerprint density at radius 1 is 1.35 bits per heavy atom. The predicted molar refractivity (Wildman–Crippen MR) is 73.6 cm³/mol. The monoisotopic (exact) mass is 278 g/mol. The Bertz CT molecular complexity index is 510. The van der Waals surface area contributed by atoms with Crippen LogP contribution in [0.1, 0.15) is 25.7 Å². The average molecular weight is 278 g/mol. The number of benzene rings is 1. The molecule has 0 aromatic heterocycles. The van der Waals surface area contributed by atoms with Gasteiger partial charge < -0.3 is 20.9 Å². The fraction of sp³-hybridized carbons (Fsp3) is 0.429. The van der Waals surface area contributed by atoms with Gasteiger partial charge in [-0.05, 0) is 25.0 Å². The second kappa shape index (κ2) is 5.92. The predicted octanol–water partition coefficient (Wildman–Crippen LogP) is 1.36. The van der Waals surface area contributed by atoms with E-state index in [2.05, 4.69) is 5.32 Å². The second-order valence-electron chi connectivity index (χ2n) is 5.03. The van der Waals surface area contributed by atoms with Crippen LogP contribution in [0.25, 0.3) is 0 Å². The number of aliphatic carboxylic acids is 1. The lowest BCUT2D eigenvalue weighted by molar-refractivity contribution is -0.139. The maximum atomic E-state index is 12.1. The highest BCUT2D eigenvalue weighted by molar-refractivity contribution is 5.98. The van der Waals surface area contributed by atoms with E-state index in [9.17, 15) is 9.59 Å². The van der Waals surface area contributed by atoms with E-state index in [1.807, 2.05) is 0 Å². The van der Waals surface area contributed by atoms with Crippen LogP contribution >= 0.6 is 0 Å². The standard InChI is InChI=1S/C14H18N2O4/c15-14(6-1-2-7-14)13(19)16-10-4-3-5-11(8-10)20-9-12(17)18/h3-5,8H,1-2,6-7,9,15H2,(H,16,19)(H,17,18). The number of carbonyl (C=O) groups is 2. The van der Waals surface area contributed by atoms with Crippen LogP contribution in [0.4, 0.5) is 5.69 Å². The van der Waals surface area contributed by atoms with Gasteiger partial charge in [-0.2, -0.15) is 0 Å². The number of nitrogens with two attached hydrogens (primary N) is 1. The van der Waals surface area contributed by atoms with Gasteiger partial charge in [0.05, 0.1) is 5.54 Å². The molecule has 108 valence electrons. The van der Waals surface area contributed by atoms with Crippen LogP contribution in [0, 0.1) is 0 Å². The molecule has 20 heavy (non-hydrogen) atoms. The topological polar surface area (TPSA) is 102 Å². The van der Waals surface area contributed by atoms with Gasteiger partial charge in [0.15, 0.2) is 6.61 Å². The van der Waals surface area contributed by atoms with E-state index >= 15 is 0 Å². The number of carbonyl (C=O) groups excluding carboxylic acids is 1. The molecule has 0 aliphatic heterocycles. The Hall–Kier alpha value is -2.08. The van der Waals surface area contributed by atoms with Crippen LogP contribution in [0.15, 0.2) is 24.3 Å². The molecule has 1 saturated carbocycles. The zero-order valence-electron chi connectivity index (χ0n) is 11.1. The first kappa shape index (κ1) is 14.3. The zero-order valence-corrected chi connectivity index (χ0v) is 11.1. The molecule has 0 unspecified atom stereocenters. The molecule has 4 N–H and O–H groups in total. The average Bonchev–Trinajstić information content (AvgIpc) is 2.85. The van der Waals surface area contributed by atoms with Crippen LogP contribution in [-0.4, -0.2) is 29.1 Å². The summed E-state index contributed by atoms with van der Waals surface area (Å²) in [5, 5.41) is 11.3. The first-order chi connectivity index (χ1) is 9.49. The highest BCUT2D eigenvalue weighted by Gasteiger charge is 2.36. The summed E-state index contributed by atoms with van der Waals surface area (Å²) in [6.45, 7) is -0.418. The summed E-state index contributed by atoms with van der Waals surface area (Å²) in [4.78, 5) is 22.6. The summed E-state index contributed by atoms with van der Waals surface area (Å²) in [5.74, 6) is -0.862. The van der Waals surface area contributed by atoms with Gasteiger partial charge in [-0.25, -0.2) is 4.79 Å². The first-order valence-electron chi connectivity index (χ1n) is 6.55. The van der Waals surface area contributed by atoms with Crippen molar-refractivity contribution >= 4 is 17.6 Å². The molecular weight excluding hydrogens is 260 g/mol. The van der Waals surface area contributed by atoms with Crippen LogP contribution in [0.5, 0.6) is 5.75 Å². The molecule has 1 aliphatic carbocycles. The fourth-order valence-corrected chi connectivity index (χ4v) is 2.30. The Morgan fingerprint density at radius 3 is 2.70 bits per heavy atom. The largest absolute Gasteiger partial charge is 0.482 e. The summed E-state index contributed by atoms with van der Waals surface area (Å²) in [5.41, 5.74) is 5.82. The van der Waals surface area contributed by atoms with Gasteiger partial charge in [-0.15, -0.1) is 0 Å². The Kier molecular flexibility index (Phi) is 4.24. The fourth-order valence-electron chi connectivity index (χ4n) is 2.30. The van der Waals surface area contributed by atoms with E-state index in [-0.39, 0.29) is 5.91 Å². The van der Waals surface area contributed by atoms with E-state index in [0.29, 0.717) is 24.3 Å². The summed E-state index contributed by atoms with van der Waals surface area (Å²) >= 11 is 0. The number of ether oxygens (including phenoxy) is 1. The van der Waals surface area contributed by atoms with Gasteiger partial charge in [0, 0.05) is 11.8 Å². The van der Waals surface area contributed by atoms with E-state index in [1.165, 1.54) is 0 Å². The highest BCUT2D eigenvalue weighted by Crippen LogP contribution is 2.28. The number of anilines is 1. The minimum atomic E-state index is -1.05. The van der Waals surface area contributed by atoms with Crippen LogP contribution in [-0.2, 0) is 9.59 Å². The molecule has 1 aromatic carbocycles. The van der Waals surface area contributed by atoms with Crippen molar-refractivity contribution in [2.75, 3.05) is 11.9 Å². The van der Waals surface area contributed by atoms with Crippen molar-refractivity contribution in [1.29, 1.82) is 0 Å². The minimum Gasteiger partial charge on any atom is -0.482 e. The molecule has 1 aromatic rings. The lowest BCUT2D eigenvalue weighted by Crippen LogP contribution is -2.48. The van der Waals surface area contributed by atoms with Gasteiger partial charge in [0.25, 0.3) is 0 Å². The molecule has 0 saturated heterocycles. The Morgan fingerprint density at radius 2 is 2.05 bits per heavy atom. The normalized spacial score (nSPS) is 16.6. The third kappa shape index (κ3) is 3.48. The molecule has 0 spiro atoms. The maximum Gasteiger partial charge on any atom is 0.341 e. The number of nitrogens with one attached hydrogen (secondary N) is 1. The van der Waals surface area contributed by atoms with Crippen molar-refractivity contribution in [3.63, 3.8) is 0 Å². The molecular formula is C14H18N2O4. The molecule has 0 heterocycles. The van der Waals surface area contributed by atoms with Crippen molar-refractivity contribution in [3.8, 4) is 5.75 Å². The third-order valence-corrected chi connectivity index (χ3v) is 3.40. The molecule has 1 fully saturated rings. The van der Waals surface area contributed by atoms with E-state index in [4.69, 9.17) is 15.6 Å². The van der Waals surface area contributed by atoms with E-state index in [1.54, 1.807) is 24.3 Å². The lowest BCUT2D eigenvalue weighted by atomic mass is 9.98. The molecule has 6 nitrogen and oxygen atoms in total. The maximum absolute atomic E-state index is 12.1. The minimum absolute atomic E-state index is 0.203. The summed E-state index contributed by atoms with van der Waals surface area (Å²) in [6, 6.07) is 6.61. The number of hydrogen-bond acceptors (Lipinski definition) is 4. The SMILES string of the molecule is NC1(C(=O)Nc2cccc(OCC(=O)O)c2)CCCC1. The van der Waals surface area contributed by atoms with Crippen molar-refractivity contribution < 1.29 is 19.4 Å². The van der Waals surface area contributed by atoms with Crippen LogP contribution in [0.3, 0.4) is 0 Å². The number of carboxylic acid groups (broad SMARTS) is 1. The van der Waals surface area contributed by atoms with Crippen molar-refractivity contribution in [3.05, 3.63) is 24.3 Å². The number of amides is 1. The second-order valence-corrected chi connectivity index (χ2v) is 5.03. The van der Waals surface area contributed by atoms with Crippen molar-refractivity contribution in [1.82, 2.24) is 0 Å². The molecule has 0 bridgehead atoms. The molecule has 2 rings (SSSR count). The smallest absolute Gasteiger partial charge is 0.341 e.